The molecule has 0 atom stereocenters. The minimum absolute atomic E-state index is 0.291. The Kier molecular flexibility index (Phi) is 6.44. The van der Waals surface area contributed by atoms with Crippen molar-refractivity contribution in [1.82, 2.24) is 5.32 Å². The molecule has 1 heterocycles. The van der Waals surface area contributed by atoms with E-state index in [1.54, 1.807) is 24.3 Å². The van der Waals surface area contributed by atoms with Gasteiger partial charge in [0.25, 0.3) is 5.91 Å². The molecule has 0 aliphatic heterocycles. The molecule has 0 bridgehead atoms. The number of halogens is 2. The molecule has 0 radical (unpaired) electrons. The molecular weight excluding hydrogens is 371 g/mol. The molecule has 1 amide bonds. The molecule has 6 nitrogen and oxygen atoms in total. The van der Waals surface area contributed by atoms with Gasteiger partial charge in [-0.05, 0) is 36.9 Å². The lowest BCUT2D eigenvalue weighted by atomic mass is 10.0. The second-order valence-corrected chi connectivity index (χ2v) is 7.06. The van der Waals surface area contributed by atoms with Gasteiger partial charge in [0.1, 0.15) is 16.7 Å². The highest BCUT2D eigenvalue weighted by Gasteiger charge is 2.14. The Morgan fingerprint density at radius 2 is 2.04 bits per heavy atom. The standard InChI is InChI=1S/C15H16Cl2N4O2S/c1-20-2-3-23-10-5-8(11-7-12(16)24-13(11)17)4-9(6-10)14(22)21-15(18)19/h4-7,20H,2-3H2,1H3,(H4,18,19,21,22). The molecule has 1 aromatic carbocycles. The van der Waals surface area contributed by atoms with Crippen LogP contribution in [-0.2, 0) is 0 Å². The van der Waals surface area contributed by atoms with Crippen LogP contribution in [-0.4, -0.2) is 32.1 Å². The molecule has 24 heavy (non-hydrogen) atoms. The lowest BCUT2D eigenvalue weighted by Gasteiger charge is -2.10. The van der Waals surface area contributed by atoms with E-state index in [0.717, 1.165) is 0 Å². The van der Waals surface area contributed by atoms with Gasteiger partial charge in [0.15, 0.2) is 5.96 Å². The number of nitrogens with one attached hydrogen (secondary N) is 1. The Morgan fingerprint density at radius 3 is 2.62 bits per heavy atom. The van der Waals surface area contributed by atoms with Gasteiger partial charge in [-0.3, -0.25) is 4.79 Å². The molecule has 0 saturated heterocycles. The Hall–Kier alpha value is -1.80. The molecule has 128 valence electrons. The van der Waals surface area contributed by atoms with Crippen LogP contribution < -0.4 is 21.5 Å². The van der Waals surface area contributed by atoms with E-state index < -0.39 is 5.91 Å². The van der Waals surface area contributed by atoms with Gasteiger partial charge < -0.3 is 21.5 Å². The first-order valence-corrected chi connectivity index (χ1v) is 8.49. The van der Waals surface area contributed by atoms with Crippen LogP contribution in [0.25, 0.3) is 11.1 Å². The van der Waals surface area contributed by atoms with Crippen molar-refractivity contribution in [3.05, 3.63) is 38.5 Å². The van der Waals surface area contributed by atoms with Gasteiger partial charge in [-0.1, -0.05) is 23.2 Å². The molecule has 0 spiro atoms. The number of amides is 1. The Morgan fingerprint density at radius 1 is 1.29 bits per heavy atom. The fourth-order valence-electron chi connectivity index (χ4n) is 1.95. The monoisotopic (exact) mass is 386 g/mol. The van der Waals surface area contributed by atoms with Crippen LogP contribution in [0.2, 0.25) is 8.67 Å². The van der Waals surface area contributed by atoms with E-state index in [1.165, 1.54) is 11.3 Å². The summed E-state index contributed by atoms with van der Waals surface area (Å²) in [5, 5.41) is 2.98. The fourth-order valence-corrected chi connectivity index (χ4v) is 3.46. The number of nitrogens with two attached hydrogens (primary N) is 2. The van der Waals surface area contributed by atoms with Crippen LogP contribution in [0.3, 0.4) is 0 Å². The SMILES string of the molecule is CNCCOc1cc(C(=O)N=C(N)N)cc(-c2cc(Cl)sc2Cl)c1. The molecule has 0 saturated carbocycles. The van der Waals surface area contributed by atoms with Crippen LogP contribution in [0.4, 0.5) is 0 Å². The first-order chi connectivity index (χ1) is 11.4. The van der Waals surface area contributed by atoms with Crippen molar-refractivity contribution >= 4 is 46.4 Å². The second-order valence-electron chi connectivity index (χ2n) is 4.78. The molecule has 0 aliphatic carbocycles. The van der Waals surface area contributed by atoms with Crippen LogP contribution in [0.5, 0.6) is 5.75 Å². The van der Waals surface area contributed by atoms with E-state index in [9.17, 15) is 4.79 Å². The Bertz CT molecular complexity index is 773. The predicted molar refractivity (Wildman–Crippen MR) is 99.3 cm³/mol. The quantitative estimate of drug-likeness (QED) is 0.402. The summed E-state index contributed by atoms with van der Waals surface area (Å²) in [5.41, 5.74) is 12.2. The van der Waals surface area contributed by atoms with Crippen LogP contribution >= 0.6 is 34.5 Å². The molecule has 0 fully saturated rings. The van der Waals surface area contributed by atoms with Crippen molar-refractivity contribution in [2.75, 3.05) is 20.2 Å². The third kappa shape index (κ3) is 4.85. The van der Waals surface area contributed by atoms with Gasteiger partial charge in [-0.2, -0.15) is 4.99 Å². The third-order valence-corrected chi connectivity index (χ3v) is 4.46. The van der Waals surface area contributed by atoms with Gasteiger partial charge in [0.2, 0.25) is 0 Å². The molecule has 5 N–H and O–H groups in total. The number of likely N-dealkylation sites (N-methyl/N-ethyl adjacent to an activating group) is 1. The van der Waals surface area contributed by atoms with Gasteiger partial charge in [-0.15, -0.1) is 11.3 Å². The molecule has 0 unspecified atom stereocenters. The van der Waals surface area contributed by atoms with Crippen molar-refractivity contribution in [3.8, 4) is 16.9 Å². The summed E-state index contributed by atoms with van der Waals surface area (Å²) >= 11 is 13.5. The van der Waals surface area contributed by atoms with E-state index in [0.29, 0.717) is 44.3 Å². The average molecular weight is 387 g/mol. The summed E-state index contributed by atoms with van der Waals surface area (Å²) in [6, 6.07) is 6.74. The number of aliphatic imine (C=N–C) groups is 1. The highest BCUT2D eigenvalue weighted by atomic mass is 35.5. The van der Waals surface area contributed by atoms with Crippen LogP contribution in [0.15, 0.2) is 29.3 Å². The summed E-state index contributed by atoms with van der Waals surface area (Å²) < 4.78 is 6.72. The van der Waals surface area contributed by atoms with Crippen molar-refractivity contribution in [2.24, 2.45) is 16.5 Å². The maximum absolute atomic E-state index is 12.1. The topological polar surface area (TPSA) is 103 Å². The number of nitrogens with zero attached hydrogens (tertiary/aromatic N) is 1. The second kappa shape index (κ2) is 8.34. The summed E-state index contributed by atoms with van der Waals surface area (Å²) in [5.74, 6) is -0.359. The highest BCUT2D eigenvalue weighted by Crippen LogP contribution is 2.39. The molecular formula is C15H16Cl2N4O2S. The minimum atomic E-state index is -0.562. The maximum Gasteiger partial charge on any atom is 0.280 e. The van der Waals surface area contributed by atoms with E-state index in [-0.39, 0.29) is 5.96 Å². The van der Waals surface area contributed by atoms with Crippen molar-refractivity contribution in [1.29, 1.82) is 0 Å². The molecule has 1 aromatic heterocycles. The van der Waals surface area contributed by atoms with Gasteiger partial charge in [0, 0.05) is 17.7 Å². The number of carbonyl (C=O) groups excluding carboxylic acids is 1. The van der Waals surface area contributed by atoms with E-state index in [4.69, 9.17) is 39.4 Å². The van der Waals surface area contributed by atoms with Gasteiger partial charge in [0.05, 0.1) is 4.34 Å². The number of carbonyl (C=O) groups is 1. The highest BCUT2D eigenvalue weighted by molar-refractivity contribution is 7.20. The zero-order valence-electron chi connectivity index (χ0n) is 12.8. The van der Waals surface area contributed by atoms with Crippen LogP contribution in [0.1, 0.15) is 10.4 Å². The summed E-state index contributed by atoms with van der Waals surface area (Å²) in [7, 11) is 1.82. The fraction of sp³-hybridized carbons (Fsp3) is 0.200. The summed E-state index contributed by atoms with van der Waals surface area (Å²) in [4.78, 5) is 15.7. The first kappa shape index (κ1) is 18.5. The average Bonchev–Trinajstić information content (AvgIpc) is 2.85. The summed E-state index contributed by atoms with van der Waals surface area (Å²) in [6.45, 7) is 1.10. The van der Waals surface area contributed by atoms with Crippen molar-refractivity contribution in [3.63, 3.8) is 0 Å². The Labute approximate surface area is 153 Å². The normalized spacial score (nSPS) is 10.5. The largest absolute Gasteiger partial charge is 0.492 e. The predicted octanol–water partition coefficient (Wildman–Crippen LogP) is 2.73. The number of hydrogen-bond acceptors (Lipinski definition) is 4. The number of benzene rings is 1. The van der Waals surface area contributed by atoms with E-state index in [1.807, 2.05) is 7.05 Å². The van der Waals surface area contributed by atoms with Crippen molar-refractivity contribution < 1.29 is 9.53 Å². The number of thiophene rings is 1. The number of hydrogen-bond donors (Lipinski definition) is 3. The van der Waals surface area contributed by atoms with Gasteiger partial charge >= 0.3 is 0 Å². The molecule has 2 aromatic rings. The zero-order valence-corrected chi connectivity index (χ0v) is 15.1. The smallest absolute Gasteiger partial charge is 0.280 e. The third-order valence-electron chi connectivity index (χ3n) is 2.97. The van der Waals surface area contributed by atoms with E-state index >= 15 is 0 Å². The molecule has 2 rings (SSSR count). The molecule has 0 aliphatic rings. The zero-order chi connectivity index (χ0) is 17.7. The number of ether oxygens (including phenoxy) is 1. The number of guanidine groups is 1. The Balaban J connectivity index is 2.45. The van der Waals surface area contributed by atoms with Gasteiger partial charge in [-0.25, -0.2) is 0 Å². The molecule has 9 heteroatoms. The van der Waals surface area contributed by atoms with Crippen molar-refractivity contribution in [2.45, 2.75) is 0 Å². The van der Waals surface area contributed by atoms with E-state index in [2.05, 4.69) is 10.3 Å². The number of rotatable bonds is 6. The summed E-state index contributed by atoms with van der Waals surface area (Å²) in [6.07, 6.45) is 0. The lowest BCUT2D eigenvalue weighted by molar-refractivity contribution is 0.100. The maximum atomic E-state index is 12.1. The minimum Gasteiger partial charge on any atom is -0.492 e. The lowest BCUT2D eigenvalue weighted by Crippen LogP contribution is -2.24. The van der Waals surface area contributed by atoms with Crippen LogP contribution in [0, 0.1) is 0 Å². The first-order valence-electron chi connectivity index (χ1n) is 6.92.